The average Bonchev–Trinajstić information content (AvgIpc) is 2.64. The topological polar surface area (TPSA) is 29.1 Å². The maximum Gasteiger partial charge on any atom is 0.223 e. The first-order valence-electron chi connectivity index (χ1n) is 3.88. The highest BCUT2D eigenvalue weighted by Gasteiger charge is 2.43. The Morgan fingerprint density at radius 3 is 2.50 bits per heavy atom. The molecule has 0 saturated heterocycles. The Hall–Kier alpha value is -0.530. The highest BCUT2D eigenvalue weighted by molar-refractivity contribution is 5.81. The van der Waals surface area contributed by atoms with Gasteiger partial charge in [-0.2, -0.15) is 0 Å². The van der Waals surface area contributed by atoms with Crippen LogP contribution in [0, 0.1) is 17.8 Å². The molecule has 0 radical (unpaired) electrons. The molecule has 10 heavy (non-hydrogen) atoms. The van der Waals surface area contributed by atoms with Crippen LogP contribution in [0.1, 0.15) is 20.3 Å². The number of hydrogen-bond donors (Lipinski definition) is 1. The minimum absolute atomic E-state index is 0.221. The molecular formula is C8H15NO. The number of nitrogens with one attached hydrogen (secondary N) is 1. The van der Waals surface area contributed by atoms with Crippen molar-refractivity contribution in [3.63, 3.8) is 0 Å². The molecule has 2 nitrogen and oxygen atoms in total. The molecule has 1 saturated carbocycles. The molecule has 1 aliphatic rings. The van der Waals surface area contributed by atoms with E-state index in [9.17, 15) is 4.79 Å². The van der Waals surface area contributed by atoms with Gasteiger partial charge in [-0.3, -0.25) is 4.79 Å². The van der Waals surface area contributed by atoms with Crippen molar-refractivity contribution in [1.29, 1.82) is 0 Å². The normalized spacial score (nSPS) is 30.4. The van der Waals surface area contributed by atoms with Gasteiger partial charge in [0.1, 0.15) is 0 Å². The lowest BCUT2D eigenvalue weighted by Crippen LogP contribution is -2.21. The highest BCUT2D eigenvalue weighted by Crippen LogP contribution is 2.43. The second-order valence-corrected chi connectivity index (χ2v) is 3.36. The molecule has 1 unspecified atom stereocenters. The maximum absolute atomic E-state index is 11.0. The van der Waals surface area contributed by atoms with Crippen molar-refractivity contribution >= 4 is 5.91 Å². The molecule has 0 aromatic carbocycles. The van der Waals surface area contributed by atoms with Crippen LogP contribution >= 0.6 is 0 Å². The first-order chi connectivity index (χ1) is 4.66. The van der Waals surface area contributed by atoms with Gasteiger partial charge in [0.05, 0.1) is 0 Å². The second-order valence-electron chi connectivity index (χ2n) is 3.36. The zero-order valence-electron chi connectivity index (χ0n) is 6.85. The number of hydrogen-bond acceptors (Lipinski definition) is 1. The Kier molecular flexibility index (Phi) is 1.97. The van der Waals surface area contributed by atoms with E-state index in [1.165, 1.54) is 0 Å². The SMILES string of the molecule is CNC(=O)[C@H]1CC1C(C)C. The molecule has 1 fully saturated rings. The summed E-state index contributed by atoms with van der Waals surface area (Å²) in [6.45, 7) is 4.35. The standard InChI is InChI=1S/C8H15NO/c1-5(2)6-4-7(6)8(10)9-3/h5-7H,4H2,1-3H3,(H,9,10)/t6?,7-/m0/s1. The molecule has 2 heteroatoms. The van der Waals surface area contributed by atoms with Gasteiger partial charge in [0, 0.05) is 13.0 Å². The summed E-state index contributed by atoms with van der Waals surface area (Å²) in [4.78, 5) is 11.0. The molecule has 2 atom stereocenters. The van der Waals surface area contributed by atoms with Crippen molar-refractivity contribution in [2.45, 2.75) is 20.3 Å². The molecule has 0 bridgehead atoms. The van der Waals surface area contributed by atoms with Crippen molar-refractivity contribution < 1.29 is 4.79 Å². The predicted octanol–water partition coefficient (Wildman–Crippen LogP) is 1.02. The van der Waals surface area contributed by atoms with E-state index in [0.29, 0.717) is 17.8 Å². The first kappa shape index (κ1) is 7.58. The van der Waals surface area contributed by atoms with Crippen LogP contribution in [0.3, 0.4) is 0 Å². The Balaban J connectivity index is 2.31. The summed E-state index contributed by atoms with van der Waals surface area (Å²) in [5.41, 5.74) is 0. The lowest BCUT2D eigenvalue weighted by molar-refractivity contribution is -0.122. The Morgan fingerprint density at radius 2 is 2.20 bits per heavy atom. The lowest BCUT2D eigenvalue weighted by atomic mass is 10.1. The fourth-order valence-corrected chi connectivity index (χ4v) is 1.44. The summed E-state index contributed by atoms with van der Waals surface area (Å²) < 4.78 is 0. The molecule has 0 aromatic rings. The Labute approximate surface area is 62.0 Å². The summed E-state index contributed by atoms with van der Waals surface area (Å²) in [6, 6.07) is 0. The monoisotopic (exact) mass is 141 g/mol. The number of carbonyl (C=O) groups excluding carboxylic acids is 1. The van der Waals surface area contributed by atoms with Crippen LogP contribution in [0.2, 0.25) is 0 Å². The van der Waals surface area contributed by atoms with Gasteiger partial charge >= 0.3 is 0 Å². The zero-order chi connectivity index (χ0) is 7.72. The van der Waals surface area contributed by atoms with E-state index >= 15 is 0 Å². The second kappa shape index (κ2) is 2.60. The molecule has 1 rings (SSSR count). The van der Waals surface area contributed by atoms with Crippen LogP contribution in [0.25, 0.3) is 0 Å². The van der Waals surface area contributed by atoms with E-state index in [0.717, 1.165) is 6.42 Å². The highest BCUT2D eigenvalue weighted by atomic mass is 16.1. The molecule has 1 amide bonds. The van der Waals surface area contributed by atoms with Crippen molar-refractivity contribution in [2.75, 3.05) is 7.05 Å². The third-order valence-corrected chi connectivity index (χ3v) is 2.28. The van der Waals surface area contributed by atoms with Crippen LogP contribution in [0.15, 0.2) is 0 Å². The summed E-state index contributed by atoms with van der Waals surface area (Å²) in [6.07, 6.45) is 1.09. The van der Waals surface area contributed by atoms with Gasteiger partial charge in [0.15, 0.2) is 0 Å². The third-order valence-electron chi connectivity index (χ3n) is 2.28. The van der Waals surface area contributed by atoms with Crippen LogP contribution in [0.5, 0.6) is 0 Å². The molecule has 0 aliphatic heterocycles. The Morgan fingerprint density at radius 1 is 1.60 bits per heavy atom. The largest absolute Gasteiger partial charge is 0.359 e. The molecule has 0 spiro atoms. The molecule has 1 N–H and O–H groups in total. The van der Waals surface area contributed by atoms with Gasteiger partial charge in [-0.05, 0) is 18.3 Å². The minimum atomic E-state index is 0.221. The van der Waals surface area contributed by atoms with E-state index in [2.05, 4.69) is 19.2 Å². The minimum Gasteiger partial charge on any atom is -0.359 e. The lowest BCUT2D eigenvalue weighted by Gasteiger charge is -2.01. The van der Waals surface area contributed by atoms with Gasteiger partial charge in [-0.1, -0.05) is 13.8 Å². The number of carbonyl (C=O) groups is 1. The summed E-state index contributed by atoms with van der Waals surface area (Å²) in [5, 5.41) is 2.67. The summed E-state index contributed by atoms with van der Waals surface area (Å²) >= 11 is 0. The summed E-state index contributed by atoms with van der Waals surface area (Å²) in [5.74, 6) is 1.87. The molecular weight excluding hydrogens is 126 g/mol. The van der Waals surface area contributed by atoms with Gasteiger partial charge in [0.2, 0.25) is 5.91 Å². The van der Waals surface area contributed by atoms with Crippen molar-refractivity contribution in [3.8, 4) is 0 Å². The van der Waals surface area contributed by atoms with E-state index in [4.69, 9.17) is 0 Å². The molecule has 0 heterocycles. The first-order valence-corrected chi connectivity index (χ1v) is 3.88. The quantitative estimate of drug-likeness (QED) is 0.611. The number of amides is 1. The van der Waals surface area contributed by atoms with Crippen molar-refractivity contribution in [2.24, 2.45) is 17.8 Å². The van der Waals surface area contributed by atoms with Gasteiger partial charge in [0.25, 0.3) is 0 Å². The van der Waals surface area contributed by atoms with Gasteiger partial charge in [-0.25, -0.2) is 0 Å². The summed E-state index contributed by atoms with van der Waals surface area (Å²) in [7, 11) is 1.71. The van der Waals surface area contributed by atoms with Gasteiger partial charge < -0.3 is 5.32 Å². The van der Waals surface area contributed by atoms with Gasteiger partial charge in [-0.15, -0.1) is 0 Å². The fraction of sp³-hybridized carbons (Fsp3) is 0.875. The molecule has 58 valence electrons. The van der Waals surface area contributed by atoms with Crippen LogP contribution in [-0.4, -0.2) is 13.0 Å². The molecule has 1 aliphatic carbocycles. The zero-order valence-corrected chi connectivity index (χ0v) is 6.85. The van der Waals surface area contributed by atoms with E-state index in [-0.39, 0.29) is 5.91 Å². The van der Waals surface area contributed by atoms with Crippen LogP contribution < -0.4 is 5.32 Å². The number of rotatable bonds is 2. The maximum atomic E-state index is 11.0. The van der Waals surface area contributed by atoms with Crippen molar-refractivity contribution in [3.05, 3.63) is 0 Å². The van der Waals surface area contributed by atoms with Crippen LogP contribution in [-0.2, 0) is 4.79 Å². The third kappa shape index (κ3) is 1.31. The van der Waals surface area contributed by atoms with E-state index in [1.807, 2.05) is 0 Å². The van der Waals surface area contributed by atoms with E-state index < -0.39 is 0 Å². The van der Waals surface area contributed by atoms with Crippen molar-refractivity contribution in [1.82, 2.24) is 5.32 Å². The molecule has 0 aromatic heterocycles. The fourth-order valence-electron chi connectivity index (χ4n) is 1.44. The van der Waals surface area contributed by atoms with Crippen LogP contribution in [0.4, 0.5) is 0 Å². The Bertz CT molecular complexity index is 142. The smallest absolute Gasteiger partial charge is 0.223 e. The predicted molar refractivity (Wildman–Crippen MR) is 40.5 cm³/mol. The average molecular weight is 141 g/mol. The van der Waals surface area contributed by atoms with E-state index in [1.54, 1.807) is 7.05 Å².